The number of aliphatic carboxylic acids is 1. The summed E-state index contributed by atoms with van der Waals surface area (Å²) in [7, 11) is 0. The van der Waals surface area contributed by atoms with Gasteiger partial charge in [-0.2, -0.15) is 0 Å². The summed E-state index contributed by atoms with van der Waals surface area (Å²) in [5, 5.41) is 11.8. The van der Waals surface area contributed by atoms with Crippen LogP contribution in [0.4, 0.5) is 0 Å². The third kappa shape index (κ3) is 1.73. The molecule has 0 radical (unpaired) electrons. The van der Waals surface area contributed by atoms with E-state index in [0.717, 1.165) is 18.3 Å². The number of nitrogens with one attached hydrogen (secondary N) is 1. The molecule has 2 N–H and O–H groups in total. The lowest BCUT2D eigenvalue weighted by Gasteiger charge is -2.15. The highest BCUT2D eigenvalue weighted by atomic mass is 16.4. The SMILES string of the molecule is CCCC(NC(=O)C1C2C3CCC(C3)C12)C(=O)O. The van der Waals surface area contributed by atoms with E-state index in [1.54, 1.807) is 0 Å². The van der Waals surface area contributed by atoms with Gasteiger partial charge in [-0.15, -0.1) is 0 Å². The first-order chi connectivity index (χ1) is 8.63. The van der Waals surface area contributed by atoms with Gasteiger partial charge in [0.05, 0.1) is 0 Å². The molecule has 5 atom stereocenters. The smallest absolute Gasteiger partial charge is 0.326 e. The topological polar surface area (TPSA) is 66.4 Å². The van der Waals surface area contributed by atoms with Crippen molar-refractivity contribution in [2.75, 3.05) is 0 Å². The molecule has 2 bridgehead atoms. The van der Waals surface area contributed by atoms with Crippen molar-refractivity contribution < 1.29 is 14.7 Å². The van der Waals surface area contributed by atoms with Gasteiger partial charge < -0.3 is 10.4 Å². The number of amides is 1. The second-order valence-electron chi connectivity index (χ2n) is 6.20. The summed E-state index contributed by atoms with van der Waals surface area (Å²) in [6.07, 6.45) is 5.19. The second kappa shape index (κ2) is 4.25. The van der Waals surface area contributed by atoms with Crippen molar-refractivity contribution in [1.29, 1.82) is 0 Å². The van der Waals surface area contributed by atoms with E-state index >= 15 is 0 Å². The predicted octanol–water partition coefficient (Wildman–Crippen LogP) is 1.65. The Labute approximate surface area is 107 Å². The monoisotopic (exact) mass is 251 g/mol. The maximum Gasteiger partial charge on any atom is 0.326 e. The fraction of sp³-hybridized carbons (Fsp3) is 0.857. The minimum Gasteiger partial charge on any atom is -0.480 e. The number of fused-ring (bicyclic) bond motifs is 5. The van der Waals surface area contributed by atoms with Crippen LogP contribution in [0.1, 0.15) is 39.0 Å². The highest BCUT2D eigenvalue weighted by Gasteiger charge is 2.67. The minimum absolute atomic E-state index is 0.00227. The molecule has 18 heavy (non-hydrogen) atoms. The quantitative estimate of drug-likeness (QED) is 0.780. The van der Waals surface area contributed by atoms with E-state index in [4.69, 9.17) is 5.11 Å². The molecule has 5 unspecified atom stereocenters. The molecule has 4 heteroatoms. The summed E-state index contributed by atoms with van der Waals surface area (Å²) in [5.74, 6) is 1.91. The molecule has 0 aliphatic heterocycles. The van der Waals surface area contributed by atoms with Gasteiger partial charge in [-0.3, -0.25) is 4.79 Å². The summed E-state index contributed by atoms with van der Waals surface area (Å²) < 4.78 is 0. The maximum atomic E-state index is 12.2. The lowest BCUT2D eigenvalue weighted by molar-refractivity contribution is -0.142. The van der Waals surface area contributed by atoms with Crippen molar-refractivity contribution >= 4 is 11.9 Å². The number of rotatable bonds is 5. The molecule has 3 fully saturated rings. The zero-order valence-corrected chi connectivity index (χ0v) is 10.8. The molecule has 3 saturated carbocycles. The first kappa shape index (κ1) is 12.0. The molecular formula is C14H21NO3. The van der Waals surface area contributed by atoms with Crippen LogP contribution in [0, 0.1) is 29.6 Å². The predicted molar refractivity (Wildman–Crippen MR) is 65.8 cm³/mol. The van der Waals surface area contributed by atoms with Crippen LogP contribution in [-0.4, -0.2) is 23.0 Å². The summed E-state index contributed by atoms with van der Waals surface area (Å²) in [5.41, 5.74) is 0. The number of carbonyl (C=O) groups is 2. The van der Waals surface area contributed by atoms with Crippen LogP contribution in [0.2, 0.25) is 0 Å². The Morgan fingerprint density at radius 1 is 1.28 bits per heavy atom. The zero-order valence-electron chi connectivity index (χ0n) is 10.8. The third-order valence-electron chi connectivity index (χ3n) is 5.23. The average molecular weight is 251 g/mol. The highest BCUT2D eigenvalue weighted by Crippen LogP contribution is 2.69. The van der Waals surface area contributed by atoms with Crippen LogP contribution < -0.4 is 5.32 Å². The molecule has 3 aliphatic carbocycles. The highest BCUT2D eigenvalue weighted by molar-refractivity contribution is 5.87. The Bertz CT molecular complexity index is 365. The van der Waals surface area contributed by atoms with Crippen molar-refractivity contribution in [3.05, 3.63) is 0 Å². The van der Waals surface area contributed by atoms with Crippen molar-refractivity contribution in [1.82, 2.24) is 5.32 Å². The van der Waals surface area contributed by atoms with Gasteiger partial charge in [0.15, 0.2) is 0 Å². The van der Waals surface area contributed by atoms with E-state index in [0.29, 0.717) is 18.3 Å². The maximum absolute atomic E-state index is 12.2. The van der Waals surface area contributed by atoms with Crippen LogP contribution in [0.5, 0.6) is 0 Å². The molecule has 0 saturated heterocycles. The minimum atomic E-state index is -0.904. The molecule has 0 aromatic carbocycles. The Morgan fingerprint density at radius 3 is 2.39 bits per heavy atom. The van der Waals surface area contributed by atoms with E-state index in [1.165, 1.54) is 19.3 Å². The first-order valence-electron chi connectivity index (χ1n) is 7.16. The number of carboxylic acids is 1. The molecule has 0 spiro atoms. The van der Waals surface area contributed by atoms with Crippen molar-refractivity contribution in [3.63, 3.8) is 0 Å². The fourth-order valence-electron chi connectivity index (χ4n) is 4.49. The van der Waals surface area contributed by atoms with Gasteiger partial charge in [-0.05, 0) is 49.4 Å². The molecule has 1 amide bonds. The van der Waals surface area contributed by atoms with Gasteiger partial charge >= 0.3 is 5.97 Å². The molecule has 0 aromatic rings. The number of carbonyl (C=O) groups excluding carboxylic acids is 1. The number of hydrogen-bond donors (Lipinski definition) is 2. The largest absolute Gasteiger partial charge is 0.480 e. The lowest BCUT2D eigenvalue weighted by atomic mass is 10.0. The van der Waals surface area contributed by atoms with E-state index < -0.39 is 12.0 Å². The van der Waals surface area contributed by atoms with Crippen LogP contribution in [0.3, 0.4) is 0 Å². The Balaban J connectivity index is 1.58. The summed E-state index contributed by atoms with van der Waals surface area (Å²) >= 11 is 0. The standard InChI is InChI=1S/C14H21NO3/c1-2-3-9(14(17)18)15-13(16)12-10-7-4-5-8(6-7)11(10)12/h7-12H,2-6H2,1H3,(H,15,16)(H,17,18). The van der Waals surface area contributed by atoms with E-state index in [2.05, 4.69) is 5.32 Å². The second-order valence-corrected chi connectivity index (χ2v) is 6.20. The summed E-state index contributed by atoms with van der Waals surface area (Å²) in [6.45, 7) is 1.94. The molecular weight excluding hydrogens is 230 g/mol. The van der Waals surface area contributed by atoms with Crippen LogP contribution in [-0.2, 0) is 9.59 Å². The number of hydrogen-bond acceptors (Lipinski definition) is 2. The van der Waals surface area contributed by atoms with Gasteiger partial charge in [0.1, 0.15) is 6.04 Å². The molecule has 0 aromatic heterocycles. The molecule has 3 aliphatic rings. The van der Waals surface area contributed by atoms with E-state index in [-0.39, 0.29) is 11.8 Å². The van der Waals surface area contributed by atoms with Gasteiger partial charge in [-0.25, -0.2) is 4.79 Å². The van der Waals surface area contributed by atoms with Gasteiger partial charge in [-0.1, -0.05) is 13.3 Å². The average Bonchev–Trinajstić information content (AvgIpc) is 2.78. The normalized spacial score (nSPS) is 41.3. The van der Waals surface area contributed by atoms with Gasteiger partial charge in [0.2, 0.25) is 5.91 Å². The van der Waals surface area contributed by atoms with Crippen LogP contribution >= 0.6 is 0 Å². The Kier molecular flexibility index (Phi) is 2.83. The Morgan fingerprint density at radius 2 is 1.89 bits per heavy atom. The third-order valence-corrected chi connectivity index (χ3v) is 5.23. The van der Waals surface area contributed by atoms with Gasteiger partial charge in [0.25, 0.3) is 0 Å². The zero-order chi connectivity index (χ0) is 12.9. The molecule has 0 heterocycles. The lowest BCUT2D eigenvalue weighted by Crippen LogP contribution is -2.42. The molecule has 4 nitrogen and oxygen atoms in total. The summed E-state index contributed by atoms with van der Waals surface area (Å²) in [4.78, 5) is 23.2. The molecule has 3 rings (SSSR count). The Hall–Kier alpha value is -1.06. The van der Waals surface area contributed by atoms with Crippen molar-refractivity contribution in [2.45, 2.75) is 45.1 Å². The van der Waals surface area contributed by atoms with Crippen LogP contribution in [0.15, 0.2) is 0 Å². The first-order valence-corrected chi connectivity index (χ1v) is 7.16. The number of carboxylic acid groups (broad SMARTS) is 1. The van der Waals surface area contributed by atoms with E-state index in [9.17, 15) is 9.59 Å². The van der Waals surface area contributed by atoms with Crippen molar-refractivity contribution in [2.24, 2.45) is 29.6 Å². The van der Waals surface area contributed by atoms with Crippen molar-refractivity contribution in [3.8, 4) is 0 Å². The fourth-order valence-corrected chi connectivity index (χ4v) is 4.49. The van der Waals surface area contributed by atoms with E-state index in [1.807, 2.05) is 6.92 Å². The van der Waals surface area contributed by atoms with Gasteiger partial charge in [0, 0.05) is 5.92 Å². The molecule has 100 valence electrons. The van der Waals surface area contributed by atoms with Crippen LogP contribution in [0.25, 0.3) is 0 Å². The summed E-state index contributed by atoms with van der Waals surface area (Å²) in [6, 6.07) is -0.693.